The van der Waals surface area contributed by atoms with Crippen LogP contribution >= 0.6 is 11.6 Å². The van der Waals surface area contributed by atoms with Crippen LogP contribution in [-0.2, 0) is 14.8 Å². The average molecular weight is 333 g/mol. The predicted octanol–water partition coefficient (Wildman–Crippen LogP) is 2.33. The van der Waals surface area contributed by atoms with Gasteiger partial charge in [0, 0.05) is 19.8 Å². The molecule has 1 aromatic rings. The second-order valence-electron chi connectivity index (χ2n) is 5.41. The fourth-order valence-corrected chi connectivity index (χ4v) is 3.50. The fraction of sp³-hybridized carbons (Fsp3) is 0.571. The topological polar surface area (TPSA) is 81.4 Å². The lowest BCUT2D eigenvalue weighted by atomic mass is 10.2. The van der Waals surface area contributed by atoms with Gasteiger partial charge in [0.25, 0.3) is 0 Å². The summed E-state index contributed by atoms with van der Waals surface area (Å²) >= 11 is 5.87. The van der Waals surface area contributed by atoms with Gasteiger partial charge in [-0.25, -0.2) is 13.1 Å². The molecule has 5 nitrogen and oxygen atoms in total. The number of anilines is 1. The van der Waals surface area contributed by atoms with Crippen molar-refractivity contribution in [3.8, 4) is 0 Å². The van der Waals surface area contributed by atoms with Gasteiger partial charge in [-0.15, -0.1) is 0 Å². The highest BCUT2D eigenvalue weighted by atomic mass is 35.5. The van der Waals surface area contributed by atoms with Gasteiger partial charge in [-0.05, 0) is 49.8 Å². The van der Waals surface area contributed by atoms with E-state index in [2.05, 4.69) is 4.72 Å². The lowest BCUT2D eigenvalue weighted by Crippen LogP contribution is -2.26. The molecule has 0 saturated heterocycles. The molecule has 0 amide bonds. The summed E-state index contributed by atoms with van der Waals surface area (Å²) in [6.07, 6.45) is 3.15. The molecule has 1 aromatic carbocycles. The number of benzene rings is 1. The summed E-state index contributed by atoms with van der Waals surface area (Å²) in [5.74, 6) is 0.724. The van der Waals surface area contributed by atoms with E-state index >= 15 is 0 Å². The maximum absolute atomic E-state index is 12.2. The molecule has 2 rings (SSSR count). The summed E-state index contributed by atoms with van der Waals surface area (Å²) in [7, 11) is -3.57. The van der Waals surface area contributed by atoms with Crippen LogP contribution in [0.3, 0.4) is 0 Å². The van der Waals surface area contributed by atoms with E-state index in [0.717, 1.165) is 12.5 Å². The zero-order valence-electron chi connectivity index (χ0n) is 12.1. The quantitative estimate of drug-likeness (QED) is 0.565. The molecular weight excluding hydrogens is 312 g/mol. The first-order chi connectivity index (χ1) is 9.90. The highest BCUT2D eigenvalue weighted by molar-refractivity contribution is 7.89. The van der Waals surface area contributed by atoms with E-state index in [4.69, 9.17) is 22.1 Å². The molecule has 0 heterocycles. The molecule has 0 aliphatic heterocycles. The summed E-state index contributed by atoms with van der Waals surface area (Å²) in [5, 5.41) is 0.361. The third kappa shape index (κ3) is 4.85. The second kappa shape index (κ2) is 6.96. The molecule has 1 saturated carbocycles. The molecule has 0 spiro atoms. The molecule has 21 heavy (non-hydrogen) atoms. The van der Waals surface area contributed by atoms with E-state index in [1.807, 2.05) is 0 Å². The number of rotatable bonds is 8. The van der Waals surface area contributed by atoms with E-state index in [1.165, 1.54) is 18.9 Å². The molecule has 7 heteroatoms. The Kier molecular flexibility index (Phi) is 5.48. The number of hydrogen-bond donors (Lipinski definition) is 2. The largest absolute Gasteiger partial charge is 0.397 e. The molecule has 0 atom stereocenters. The monoisotopic (exact) mass is 332 g/mol. The van der Waals surface area contributed by atoms with Gasteiger partial charge >= 0.3 is 0 Å². The van der Waals surface area contributed by atoms with Crippen molar-refractivity contribution in [2.45, 2.75) is 31.1 Å². The van der Waals surface area contributed by atoms with Crippen molar-refractivity contribution in [1.82, 2.24) is 4.72 Å². The van der Waals surface area contributed by atoms with E-state index < -0.39 is 10.0 Å². The third-order valence-corrected chi connectivity index (χ3v) is 5.32. The third-order valence-electron chi connectivity index (χ3n) is 3.39. The molecule has 1 aliphatic carbocycles. The molecule has 0 aromatic heterocycles. The molecule has 1 aliphatic rings. The average Bonchev–Trinajstić information content (AvgIpc) is 3.22. The Balaban J connectivity index is 1.84. The van der Waals surface area contributed by atoms with Crippen LogP contribution in [-0.4, -0.2) is 28.2 Å². The van der Waals surface area contributed by atoms with Crippen LogP contribution in [0.1, 0.15) is 24.8 Å². The molecule has 0 radical (unpaired) electrons. The number of hydrogen-bond acceptors (Lipinski definition) is 4. The Bertz CT molecular complexity index is 600. The van der Waals surface area contributed by atoms with E-state index in [-0.39, 0.29) is 10.6 Å². The Morgan fingerprint density at radius 1 is 1.43 bits per heavy atom. The zero-order valence-corrected chi connectivity index (χ0v) is 13.6. The van der Waals surface area contributed by atoms with Crippen molar-refractivity contribution in [3.63, 3.8) is 0 Å². The van der Waals surface area contributed by atoms with Gasteiger partial charge in [0.1, 0.15) is 0 Å². The molecule has 1 fully saturated rings. The minimum Gasteiger partial charge on any atom is -0.397 e. The highest BCUT2D eigenvalue weighted by Gasteiger charge is 2.21. The van der Waals surface area contributed by atoms with Gasteiger partial charge in [0.15, 0.2) is 0 Å². The molecule has 118 valence electrons. The first kappa shape index (κ1) is 16.5. The minimum absolute atomic E-state index is 0.170. The summed E-state index contributed by atoms with van der Waals surface area (Å²) in [6.45, 7) is 3.40. The summed E-state index contributed by atoms with van der Waals surface area (Å²) in [5.41, 5.74) is 6.51. The van der Waals surface area contributed by atoms with Gasteiger partial charge in [-0.3, -0.25) is 0 Å². The van der Waals surface area contributed by atoms with Gasteiger partial charge in [0.05, 0.1) is 15.6 Å². The fourth-order valence-electron chi connectivity index (χ4n) is 1.95. The first-order valence-corrected chi connectivity index (χ1v) is 8.89. The van der Waals surface area contributed by atoms with Gasteiger partial charge in [0.2, 0.25) is 10.0 Å². The molecule has 0 bridgehead atoms. The summed E-state index contributed by atoms with van der Waals surface area (Å²) in [6, 6.07) is 2.95. The van der Waals surface area contributed by atoms with Gasteiger partial charge < -0.3 is 10.5 Å². The van der Waals surface area contributed by atoms with E-state index in [9.17, 15) is 8.42 Å². The molecule has 3 N–H and O–H groups in total. The van der Waals surface area contributed by atoms with Crippen LogP contribution in [0.5, 0.6) is 0 Å². The number of nitrogen functional groups attached to an aromatic ring is 1. The Hall–Kier alpha value is -0.820. The Morgan fingerprint density at radius 3 is 2.81 bits per heavy atom. The minimum atomic E-state index is -3.57. The van der Waals surface area contributed by atoms with Crippen molar-refractivity contribution in [3.05, 3.63) is 22.7 Å². The second-order valence-corrected chi connectivity index (χ2v) is 7.55. The lowest BCUT2D eigenvalue weighted by molar-refractivity contribution is 0.123. The number of ether oxygens (including phenoxy) is 1. The SMILES string of the molecule is Cc1cc(Cl)c(N)cc1S(=O)(=O)NCCCOCC1CC1. The van der Waals surface area contributed by atoms with Gasteiger partial charge in [-0.2, -0.15) is 0 Å². The maximum atomic E-state index is 12.2. The number of halogens is 1. The van der Waals surface area contributed by atoms with Crippen LogP contribution in [0.2, 0.25) is 5.02 Å². The number of sulfonamides is 1. The van der Waals surface area contributed by atoms with E-state index in [0.29, 0.717) is 30.2 Å². The van der Waals surface area contributed by atoms with Crippen LogP contribution in [0.15, 0.2) is 17.0 Å². The van der Waals surface area contributed by atoms with Crippen LogP contribution in [0.4, 0.5) is 5.69 Å². The Labute approximate surface area is 130 Å². The standard InChI is InChI=1S/C14H21ClN2O3S/c1-10-7-12(15)13(16)8-14(10)21(18,19)17-5-2-6-20-9-11-3-4-11/h7-8,11,17H,2-6,9,16H2,1H3. The van der Waals surface area contributed by atoms with Crippen molar-refractivity contribution in [1.29, 1.82) is 0 Å². The summed E-state index contributed by atoms with van der Waals surface area (Å²) in [4.78, 5) is 0.170. The normalized spacial score (nSPS) is 15.3. The lowest BCUT2D eigenvalue weighted by Gasteiger charge is -2.11. The predicted molar refractivity (Wildman–Crippen MR) is 83.9 cm³/mol. The van der Waals surface area contributed by atoms with Crippen molar-refractivity contribution >= 4 is 27.3 Å². The van der Waals surface area contributed by atoms with Gasteiger partial charge in [-0.1, -0.05) is 11.6 Å². The summed E-state index contributed by atoms with van der Waals surface area (Å²) < 4.78 is 32.5. The number of nitrogens with one attached hydrogen (secondary N) is 1. The molecule has 0 unspecified atom stereocenters. The Morgan fingerprint density at radius 2 is 2.14 bits per heavy atom. The smallest absolute Gasteiger partial charge is 0.240 e. The van der Waals surface area contributed by atoms with E-state index in [1.54, 1.807) is 13.0 Å². The first-order valence-electron chi connectivity index (χ1n) is 7.03. The maximum Gasteiger partial charge on any atom is 0.240 e. The number of nitrogens with two attached hydrogens (primary N) is 1. The van der Waals surface area contributed by atoms with Crippen LogP contribution < -0.4 is 10.5 Å². The van der Waals surface area contributed by atoms with Crippen LogP contribution in [0, 0.1) is 12.8 Å². The van der Waals surface area contributed by atoms with Crippen molar-refractivity contribution in [2.24, 2.45) is 5.92 Å². The van der Waals surface area contributed by atoms with Crippen molar-refractivity contribution < 1.29 is 13.2 Å². The molecular formula is C14H21ClN2O3S. The van der Waals surface area contributed by atoms with Crippen molar-refractivity contribution in [2.75, 3.05) is 25.5 Å². The number of aryl methyl sites for hydroxylation is 1. The van der Waals surface area contributed by atoms with Crippen LogP contribution in [0.25, 0.3) is 0 Å². The highest BCUT2D eigenvalue weighted by Crippen LogP contribution is 2.28. The zero-order chi connectivity index (χ0) is 15.5.